The van der Waals surface area contributed by atoms with Crippen LogP contribution in [0.2, 0.25) is 0 Å². The third-order valence-corrected chi connectivity index (χ3v) is 3.53. The average Bonchev–Trinajstić information content (AvgIpc) is 3.00. The van der Waals surface area contributed by atoms with Gasteiger partial charge in [0.1, 0.15) is 5.82 Å². The van der Waals surface area contributed by atoms with Gasteiger partial charge >= 0.3 is 0 Å². The molecular weight excluding hydrogens is 272 g/mol. The van der Waals surface area contributed by atoms with Crippen molar-refractivity contribution in [2.75, 3.05) is 43.1 Å². The molecule has 1 atom stereocenters. The highest BCUT2D eigenvalue weighted by atomic mass is 16.5. The fourth-order valence-corrected chi connectivity index (χ4v) is 2.44. The van der Waals surface area contributed by atoms with Crippen LogP contribution in [-0.4, -0.2) is 64.2 Å². The van der Waals surface area contributed by atoms with Gasteiger partial charge in [-0.25, -0.2) is 0 Å². The number of aliphatic hydroxyl groups is 1. The number of aromatic amines is 1. The number of aromatic nitrogens is 4. The number of ether oxygens (including phenoxy) is 1. The van der Waals surface area contributed by atoms with Crippen LogP contribution < -0.4 is 10.2 Å². The second kappa shape index (κ2) is 6.23. The molecule has 0 radical (unpaired) electrons. The highest BCUT2D eigenvalue weighted by Crippen LogP contribution is 2.26. The first-order valence-corrected chi connectivity index (χ1v) is 7.23. The molecule has 2 aromatic rings. The zero-order valence-electron chi connectivity index (χ0n) is 12.0. The van der Waals surface area contributed by atoms with Crippen molar-refractivity contribution in [1.82, 2.24) is 20.2 Å². The molecule has 0 aromatic carbocycles. The summed E-state index contributed by atoms with van der Waals surface area (Å²) in [6, 6.07) is -0.0919. The van der Waals surface area contributed by atoms with Crippen molar-refractivity contribution in [3.05, 3.63) is 6.20 Å². The van der Waals surface area contributed by atoms with E-state index < -0.39 is 0 Å². The molecule has 8 nitrogen and oxygen atoms in total. The molecule has 2 aromatic heterocycles. The van der Waals surface area contributed by atoms with Crippen LogP contribution in [-0.2, 0) is 4.74 Å². The molecule has 1 aliphatic rings. The standard InChI is InChI=1S/C13H20N6O2/c1-2-3-14-13-16-11-10(6-15-18-11)12(17-13)19-4-5-21-8-9(19)7-20/h6,9,20H,2-5,7-8H2,1H3,(H2,14,15,16,17,18). The van der Waals surface area contributed by atoms with Gasteiger partial charge in [0.2, 0.25) is 5.95 Å². The SMILES string of the molecule is CCCNc1nc(N2CCOCC2CO)c2cn[nH]c2n1. The maximum absolute atomic E-state index is 9.55. The molecular formula is C13H20N6O2. The topological polar surface area (TPSA) is 99.2 Å². The second-order valence-electron chi connectivity index (χ2n) is 5.03. The van der Waals surface area contributed by atoms with E-state index in [9.17, 15) is 5.11 Å². The lowest BCUT2D eigenvalue weighted by Crippen LogP contribution is -2.48. The van der Waals surface area contributed by atoms with Crippen LogP contribution in [0.3, 0.4) is 0 Å². The van der Waals surface area contributed by atoms with Gasteiger partial charge in [-0.2, -0.15) is 15.1 Å². The van der Waals surface area contributed by atoms with E-state index in [1.807, 2.05) is 0 Å². The molecule has 21 heavy (non-hydrogen) atoms. The minimum absolute atomic E-state index is 0.0288. The lowest BCUT2D eigenvalue weighted by atomic mass is 10.2. The van der Waals surface area contributed by atoms with E-state index in [2.05, 4.69) is 37.3 Å². The minimum Gasteiger partial charge on any atom is -0.394 e. The minimum atomic E-state index is -0.0919. The molecule has 0 aliphatic carbocycles. The Kier molecular flexibility index (Phi) is 4.16. The predicted octanol–water partition coefficient (Wildman–Crippen LogP) is 0.372. The van der Waals surface area contributed by atoms with Crippen molar-refractivity contribution in [2.24, 2.45) is 0 Å². The first-order chi connectivity index (χ1) is 10.3. The van der Waals surface area contributed by atoms with E-state index in [0.717, 1.165) is 24.2 Å². The van der Waals surface area contributed by atoms with Gasteiger partial charge in [0, 0.05) is 13.1 Å². The number of fused-ring (bicyclic) bond motifs is 1. The summed E-state index contributed by atoms with van der Waals surface area (Å²) < 4.78 is 5.43. The summed E-state index contributed by atoms with van der Waals surface area (Å²) in [5.74, 6) is 1.36. The zero-order chi connectivity index (χ0) is 14.7. The second-order valence-corrected chi connectivity index (χ2v) is 5.03. The maximum Gasteiger partial charge on any atom is 0.226 e. The van der Waals surface area contributed by atoms with Gasteiger partial charge in [-0.1, -0.05) is 6.92 Å². The largest absolute Gasteiger partial charge is 0.394 e. The van der Waals surface area contributed by atoms with Gasteiger partial charge in [-0.15, -0.1) is 0 Å². The normalized spacial score (nSPS) is 19.1. The predicted molar refractivity (Wildman–Crippen MR) is 79.5 cm³/mol. The monoisotopic (exact) mass is 292 g/mol. The lowest BCUT2D eigenvalue weighted by molar-refractivity contribution is 0.0724. The number of rotatable bonds is 5. The van der Waals surface area contributed by atoms with Crippen LogP contribution in [0.1, 0.15) is 13.3 Å². The van der Waals surface area contributed by atoms with Crippen molar-refractivity contribution >= 4 is 22.8 Å². The Morgan fingerprint density at radius 3 is 3.24 bits per heavy atom. The van der Waals surface area contributed by atoms with Gasteiger partial charge in [0.05, 0.1) is 37.4 Å². The third-order valence-electron chi connectivity index (χ3n) is 3.53. The quantitative estimate of drug-likeness (QED) is 0.732. The first-order valence-electron chi connectivity index (χ1n) is 7.23. The summed E-state index contributed by atoms with van der Waals surface area (Å²) in [4.78, 5) is 11.1. The van der Waals surface area contributed by atoms with Gasteiger partial charge in [-0.3, -0.25) is 5.10 Å². The van der Waals surface area contributed by atoms with Gasteiger partial charge in [0.25, 0.3) is 0 Å². The number of H-pyrrole nitrogens is 1. The molecule has 0 bridgehead atoms. The van der Waals surface area contributed by atoms with Crippen molar-refractivity contribution in [1.29, 1.82) is 0 Å². The molecule has 0 spiro atoms. The Balaban J connectivity index is 2.00. The molecule has 1 aliphatic heterocycles. The fourth-order valence-electron chi connectivity index (χ4n) is 2.44. The van der Waals surface area contributed by atoms with Gasteiger partial charge < -0.3 is 20.1 Å². The van der Waals surface area contributed by atoms with E-state index in [0.29, 0.717) is 31.4 Å². The average molecular weight is 292 g/mol. The number of aliphatic hydroxyl groups excluding tert-OH is 1. The molecule has 3 heterocycles. The summed E-state index contributed by atoms with van der Waals surface area (Å²) in [7, 11) is 0. The van der Waals surface area contributed by atoms with Gasteiger partial charge in [-0.05, 0) is 6.42 Å². The van der Waals surface area contributed by atoms with Crippen molar-refractivity contribution < 1.29 is 9.84 Å². The number of hydrogen-bond donors (Lipinski definition) is 3. The Hall–Kier alpha value is -1.93. The Labute approximate surface area is 122 Å². The summed E-state index contributed by atoms with van der Waals surface area (Å²) >= 11 is 0. The molecule has 1 saturated heterocycles. The summed E-state index contributed by atoms with van der Waals surface area (Å²) in [6.07, 6.45) is 2.72. The van der Waals surface area contributed by atoms with Crippen LogP contribution in [0.25, 0.3) is 11.0 Å². The van der Waals surface area contributed by atoms with Crippen LogP contribution in [0.4, 0.5) is 11.8 Å². The molecule has 114 valence electrons. The van der Waals surface area contributed by atoms with Crippen LogP contribution in [0.15, 0.2) is 6.20 Å². The van der Waals surface area contributed by atoms with E-state index in [-0.39, 0.29) is 12.6 Å². The van der Waals surface area contributed by atoms with Crippen molar-refractivity contribution in [2.45, 2.75) is 19.4 Å². The van der Waals surface area contributed by atoms with E-state index in [1.165, 1.54) is 0 Å². The fraction of sp³-hybridized carbons (Fsp3) is 0.615. The van der Waals surface area contributed by atoms with Gasteiger partial charge in [0.15, 0.2) is 5.65 Å². The summed E-state index contributed by atoms with van der Waals surface area (Å²) in [5.41, 5.74) is 0.696. The number of nitrogens with one attached hydrogen (secondary N) is 2. The highest BCUT2D eigenvalue weighted by Gasteiger charge is 2.26. The Morgan fingerprint density at radius 2 is 2.43 bits per heavy atom. The van der Waals surface area contributed by atoms with Crippen LogP contribution in [0, 0.1) is 0 Å². The lowest BCUT2D eigenvalue weighted by Gasteiger charge is -2.35. The Bertz CT molecular complexity index is 601. The number of anilines is 2. The molecule has 1 unspecified atom stereocenters. The Morgan fingerprint density at radius 1 is 1.52 bits per heavy atom. The molecule has 3 N–H and O–H groups in total. The van der Waals surface area contributed by atoms with Crippen LogP contribution in [0.5, 0.6) is 0 Å². The number of morpholine rings is 1. The van der Waals surface area contributed by atoms with E-state index >= 15 is 0 Å². The summed E-state index contributed by atoms with van der Waals surface area (Å²) in [5, 5.41) is 20.5. The number of nitrogens with zero attached hydrogens (tertiary/aromatic N) is 4. The highest BCUT2D eigenvalue weighted by molar-refractivity contribution is 5.87. The van der Waals surface area contributed by atoms with Crippen molar-refractivity contribution in [3.8, 4) is 0 Å². The molecule has 1 fully saturated rings. The third kappa shape index (κ3) is 2.77. The zero-order valence-corrected chi connectivity index (χ0v) is 12.0. The first kappa shape index (κ1) is 14.0. The molecule has 0 amide bonds. The summed E-state index contributed by atoms with van der Waals surface area (Å²) in [6.45, 7) is 4.74. The maximum atomic E-state index is 9.55. The number of hydrogen-bond acceptors (Lipinski definition) is 7. The molecule has 3 rings (SSSR count). The van der Waals surface area contributed by atoms with E-state index in [1.54, 1.807) is 6.20 Å². The molecule has 0 saturated carbocycles. The van der Waals surface area contributed by atoms with Crippen LogP contribution >= 0.6 is 0 Å². The van der Waals surface area contributed by atoms with E-state index in [4.69, 9.17) is 4.74 Å². The smallest absolute Gasteiger partial charge is 0.226 e. The van der Waals surface area contributed by atoms with Crippen molar-refractivity contribution in [3.63, 3.8) is 0 Å². The molecule has 8 heteroatoms.